The van der Waals surface area contributed by atoms with Gasteiger partial charge in [0.25, 0.3) is 0 Å². The lowest BCUT2D eigenvalue weighted by Gasteiger charge is -2.39. The Hall–Kier alpha value is -2.24. The van der Waals surface area contributed by atoms with Gasteiger partial charge in [-0.2, -0.15) is 0 Å². The summed E-state index contributed by atoms with van der Waals surface area (Å²) < 4.78 is 0. The zero-order valence-corrected chi connectivity index (χ0v) is 11.2. The van der Waals surface area contributed by atoms with E-state index in [1.807, 2.05) is 11.0 Å². The van der Waals surface area contributed by atoms with Gasteiger partial charge in [-0.3, -0.25) is 9.59 Å². The van der Waals surface area contributed by atoms with Gasteiger partial charge in [-0.25, -0.2) is 0 Å². The second-order valence-electron chi connectivity index (χ2n) is 5.36. The third-order valence-electron chi connectivity index (χ3n) is 4.15. The first-order valence-corrected chi connectivity index (χ1v) is 6.80. The van der Waals surface area contributed by atoms with Crippen LogP contribution in [-0.4, -0.2) is 42.4 Å². The van der Waals surface area contributed by atoms with Crippen LogP contribution in [0.15, 0.2) is 18.2 Å². The number of primary amides is 1. The summed E-state index contributed by atoms with van der Waals surface area (Å²) in [7, 11) is 0. The highest BCUT2D eigenvalue weighted by Crippen LogP contribution is 2.30. The fraction of sp³-hybridized carbons (Fsp3) is 0.429. The van der Waals surface area contributed by atoms with Crippen LogP contribution in [-0.2, 0) is 4.79 Å². The van der Waals surface area contributed by atoms with Crippen LogP contribution in [0.5, 0.6) is 0 Å². The molecular formula is C14H18N4O2. The van der Waals surface area contributed by atoms with Crippen molar-refractivity contribution >= 4 is 23.2 Å². The van der Waals surface area contributed by atoms with Gasteiger partial charge in [0.05, 0.1) is 11.4 Å². The molecule has 2 heterocycles. The molecule has 0 aliphatic carbocycles. The molecule has 1 aromatic rings. The van der Waals surface area contributed by atoms with Gasteiger partial charge in [0, 0.05) is 37.7 Å². The van der Waals surface area contributed by atoms with Crippen molar-refractivity contribution in [1.82, 2.24) is 4.90 Å². The zero-order valence-electron chi connectivity index (χ0n) is 11.2. The van der Waals surface area contributed by atoms with E-state index in [2.05, 4.69) is 4.90 Å². The van der Waals surface area contributed by atoms with Crippen molar-refractivity contribution in [2.24, 2.45) is 5.73 Å². The average Bonchev–Trinajstić information content (AvgIpc) is 2.79. The fourth-order valence-corrected chi connectivity index (χ4v) is 3.08. The lowest BCUT2D eigenvalue weighted by molar-refractivity contribution is -0.129. The number of anilines is 2. The Balaban J connectivity index is 1.80. The Kier molecular flexibility index (Phi) is 3.00. The molecule has 0 spiro atoms. The Labute approximate surface area is 117 Å². The zero-order chi connectivity index (χ0) is 14.3. The van der Waals surface area contributed by atoms with E-state index in [0.29, 0.717) is 17.7 Å². The number of nitrogen functional groups attached to an aromatic ring is 1. The summed E-state index contributed by atoms with van der Waals surface area (Å²) >= 11 is 0. The molecule has 0 aromatic heterocycles. The summed E-state index contributed by atoms with van der Waals surface area (Å²) in [5.74, 6) is -0.221. The number of benzene rings is 1. The molecule has 2 saturated heterocycles. The molecule has 2 aliphatic rings. The van der Waals surface area contributed by atoms with Crippen molar-refractivity contribution in [2.45, 2.75) is 18.9 Å². The normalized spacial score (nSPS) is 22.0. The molecule has 1 aromatic carbocycles. The van der Waals surface area contributed by atoms with Crippen molar-refractivity contribution in [2.75, 3.05) is 30.3 Å². The van der Waals surface area contributed by atoms with E-state index < -0.39 is 5.91 Å². The summed E-state index contributed by atoms with van der Waals surface area (Å²) in [4.78, 5) is 26.9. The first kappa shape index (κ1) is 12.8. The number of fused-ring (bicyclic) bond motifs is 1. The van der Waals surface area contributed by atoms with Gasteiger partial charge in [0.1, 0.15) is 0 Å². The van der Waals surface area contributed by atoms with Crippen molar-refractivity contribution < 1.29 is 9.59 Å². The molecule has 0 bridgehead atoms. The molecule has 2 aliphatic heterocycles. The number of carbonyl (C=O) groups excluding carboxylic acids is 2. The van der Waals surface area contributed by atoms with E-state index in [4.69, 9.17) is 11.5 Å². The summed E-state index contributed by atoms with van der Waals surface area (Å²) in [5.41, 5.74) is 13.2. The van der Waals surface area contributed by atoms with Crippen LogP contribution >= 0.6 is 0 Å². The highest BCUT2D eigenvalue weighted by Gasteiger charge is 2.35. The first-order valence-electron chi connectivity index (χ1n) is 6.80. The molecule has 0 saturated carbocycles. The summed E-state index contributed by atoms with van der Waals surface area (Å²) in [6.45, 7) is 2.30. The van der Waals surface area contributed by atoms with E-state index >= 15 is 0 Å². The maximum Gasteiger partial charge on any atom is 0.248 e. The molecule has 1 atom stereocenters. The standard InChI is InChI=1S/C14H18N4O2/c15-11-7-9(14(16)20)1-3-12(11)17-5-6-18-10(8-17)2-4-13(18)19/h1,3,7,10H,2,4-6,8,15H2,(H2,16,20). The van der Waals surface area contributed by atoms with Crippen LogP contribution < -0.4 is 16.4 Å². The second-order valence-corrected chi connectivity index (χ2v) is 5.36. The number of amides is 2. The highest BCUT2D eigenvalue weighted by atomic mass is 16.2. The SMILES string of the molecule is NC(=O)c1ccc(N2CCN3C(=O)CCC3C2)c(N)c1. The number of rotatable bonds is 2. The predicted molar refractivity (Wildman–Crippen MR) is 76.3 cm³/mol. The van der Waals surface area contributed by atoms with Crippen molar-refractivity contribution in [3.8, 4) is 0 Å². The number of piperazine rings is 1. The van der Waals surface area contributed by atoms with Crippen LogP contribution in [0, 0.1) is 0 Å². The van der Waals surface area contributed by atoms with E-state index in [-0.39, 0.29) is 11.9 Å². The van der Waals surface area contributed by atoms with Crippen LogP contribution in [0.1, 0.15) is 23.2 Å². The quantitative estimate of drug-likeness (QED) is 0.752. The molecule has 0 radical (unpaired) electrons. The molecule has 6 heteroatoms. The molecule has 2 fully saturated rings. The molecule has 6 nitrogen and oxygen atoms in total. The third-order valence-corrected chi connectivity index (χ3v) is 4.15. The lowest BCUT2D eigenvalue weighted by atomic mass is 10.1. The Morgan fingerprint density at radius 3 is 2.80 bits per heavy atom. The first-order chi connectivity index (χ1) is 9.56. The van der Waals surface area contributed by atoms with Gasteiger partial charge in [-0.15, -0.1) is 0 Å². The van der Waals surface area contributed by atoms with Gasteiger partial charge in [-0.05, 0) is 24.6 Å². The topological polar surface area (TPSA) is 92.7 Å². The average molecular weight is 274 g/mol. The molecule has 2 amide bonds. The van der Waals surface area contributed by atoms with Gasteiger partial charge < -0.3 is 21.3 Å². The van der Waals surface area contributed by atoms with Crippen LogP contribution in [0.3, 0.4) is 0 Å². The predicted octanol–water partition coefficient (Wildman–Crippen LogP) is 0.179. The Morgan fingerprint density at radius 1 is 1.30 bits per heavy atom. The minimum atomic E-state index is -0.477. The van der Waals surface area contributed by atoms with Gasteiger partial charge in [0.2, 0.25) is 11.8 Å². The molecule has 106 valence electrons. The van der Waals surface area contributed by atoms with Crippen molar-refractivity contribution in [3.63, 3.8) is 0 Å². The van der Waals surface area contributed by atoms with E-state index in [0.717, 1.165) is 31.7 Å². The van der Waals surface area contributed by atoms with Crippen LogP contribution in [0.4, 0.5) is 11.4 Å². The third kappa shape index (κ3) is 2.07. The number of carbonyl (C=O) groups is 2. The molecule has 3 rings (SSSR count). The van der Waals surface area contributed by atoms with Gasteiger partial charge in [-0.1, -0.05) is 0 Å². The Bertz CT molecular complexity index is 572. The number of nitrogens with zero attached hydrogens (tertiary/aromatic N) is 2. The number of nitrogens with two attached hydrogens (primary N) is 2. The largest absolute Gasteiger partial charge is 0.397 e. The Morgan fingerprint density at radius 2 is 2.10 bits per heavy atom. The smallest absolute Gasteiger partial charge is 0.248 e. The van der Waals surface area contributed by atoms with E-state index in [1.165, 1.54) is 0 Å². The van der Waals surface area contributed by atoms with Crippen LogP contribution in [0.25, 0.3) is 0 Å². The molecule has 4 N–H and O–H groups in total. The monoisotopic (exact) mass is 274 g/mol. The van der Waals surface area contributed by atoms with Crippen molar-refractivity contribution in [3.05, 3.63) is 23.8 Å². The maximum atomic E-state index is 11.7. The number of hydrogen-bond acceptors (Lipinski definition) is 4. The summed E-state index contributed by atoms with van der Waals surface area (Å²) in [6, 6.07) is 5.43. The minimum Gasteiger partial charge on any atom is -0.397 e. The van der Waals surface area contributed by atoms with Gasteiger partial charge in [0.15, 0.2) is 0 Å². The lowest BCUT2D eigenvalue weighted by Crippen LogP contribution is -2.51. The van der Waals surface area contributed by atoms with Crippen molar-refractivity contribution in [1.29, 1.82) is 0 Å². The maximum absolute atomic E-state index is 11.7. The fourth-order valence-electron chi connectivity index (χ4n) is 3.08. The summed E-state index contributed by atoms with van der Waals surface area (Å²) in [5, 5.41) is 0. The molecule has 1 unspecified atom stereocenters. The highest BCUT2D eigenvalue weighted by molar-refractivity contribution is 5.95. The molecule has 20 heavy (non-hydrogen) atoms. The van der Waals surface area contributed by atoms with E-state index in [1.54, 1.807) is 12.1 Å². The van der Waals surface area contributed by atoms with Crippen LogP contribution in [0.2, 0.25) is 0 Å². The molecular weight excluding hydrogens is 256 g/mol. The van der Waals surface area contributed by atoms with Gasteiger partial charge >= 0.3 is 0 Å². The summed E-state index contributed by atoms with van der Waals surface area (Å²) in [6.07, 6.45) is 1.56. The minimum absolute atomic E-state index is 0.256. The van der Waals surface area contributed by atoms with E-state index in [9.17, 15) is 9.59 Å². The second kappa shape index (κ2) is 4.70. The number of hydrogen-bond donors (Lipinski definition) is 2.